The fraction of sp³-hybridized carbons (Fsp3) is 1.00. The first kappa shape index (κ1) is 12.9. The van der Waals surface area contributed by atoms with Crippen LogP contribution in [0.1, 0.15) is 34.6 Å². The average Bonchev–Trinajstić information content (AvgIpc) is 1.93. The van der Waals surface area contributed by atoms with E-state index >= 15 is 0 Å². The number of hydrogen-bond donors (Lipinski definition) is 1. The van der Waals surface area contributed by atoms with Crippen LogP contribution in [0.3, 0.4) is 0 Å². The van der Waals surface area contributed by atoms with Gasteiger partial charge < -0.3 is 0 Å². The molecule has 0 amide bonds. The molecule has 1 fully saturated rings. The van der Waals surface area contributed by atoms with E-state index in [9.17, 15) is 8.42 Å². The summed E-state index contributed by atoms with van der Waals surface area (Å²) in [7, 11) is -3.10. The minimum Gasteiger partial charge on any atom is -0.295 e. The molecule has 1 aliphatic heterocycles. The van der Waals surface area contributed by atoms with Gasteiger partial charge in [-0.3, -0.25) is 4.90 Å². The Bertz CT molecular complexity index is 311. The number of likely N-dealkylation sites (tertiary alicyclic amines) is 1. The maximum absolute atomic E-state index is 11.6. The number of hydrogen-bond acceptors (Lipinski definition) is 3. The van der Waals surface area contributed by atoms with Crippen molar-refractivity contribution < 1.29 is 8.42 Å². The summed E-state index contributed by atoms with van der Waals surface area (Å²) in [6.45, 7) is 11.4. The van der Waals surface area contributed by atoms with Gasteiger partial charge in [-0.15, -0.1) is 0 Å². The highest BCUT2D eigenvalue weighted by Crippen LogP contribution is 2.21. The number of sulfonamides is 1. The highest BCUT2D eigenvalue weighted by molar-refractivity contribution is 7.90. The lowest BCUT2D eigenvalue weighted by Crippen LogP contribution is -2.64. The Hall–Kier alpha value is -0.130. The van der Waals surface area contributed by atoms with Crippen LogP contribution < -0.4 is 4.72 Å². The van der Waals surface area contributed by atoms with Gasteiger partial charge in [-0.1, -0.05) is 0 Å². The lowest BCUT2D eigenvalue weighted by Gasteiger charge is -2.47. The van der Waals surface area contributed by atoms with Gasteiger partial charge in [0.1, 0.15) is 0 Å². The molecule has 0 saturated carbocycles. The minimum atomic E-state index is -3.10. The summed E-state index contributed by atoms with van der Waals surface area (Å²) in [5.41, 5.74) is 0.139. The molecule has 0 unspecified atom stereocenters. The van der Waals surface area contributed by atoms with Crippen molar-refractivity contribution in [3.05, 3.63) is 0 Å². The monoisotopic (exact) mass is 234 g/mol. The standard InChI is InChI=1S/C10H22N2O2S/c1-8(2)15(13,14)11-9-6-12(7-9)10(3,4)5/h8-9,11H,6-7H2,1-5H3. The second-order valence-electron chi connectivity index (χ2n) is 5.48. The summed E-state index contributed by atoms with van der Waals surface area (Å²) in [5.74, 6) is 0. The molecule has 1 rings (SSSR count). The normalized spacial score (nSPS) is 20.7. The molecule has 0 bridgehead atoms. The molecule has 0 atom stereocenters. The van der Waals surface area contributed by atoms with E-state index in [1.54, 1.807) is 13.8 Å². The van der Waals surface area contributed by atoms with E-state index < -0.39 is 10.0 Å². The third kappa shape index (κ3) is 3.16. The first-order valence-corrected chi connectivity index (χ1v) is 6.94. The van der Waals surface area contributed by atoms with Crippen molar-refractivity contribution in [3.8, 4) is 0 Å². The second kappa shape index (κ2) is 4.03. The molecule has 90 valence electrons. The van der Waals surface area contributed by atoms with E-state index in [4.69, 9.17) is 0 Å². The molecule has 0 aromatic heterocycles. The fourth-order valence-electron chi connectivity index (χ4n) is 1.47. The highest BCUT2D eigenvalue weighted by Gasteiger charge is 2.36. The van der Waals surface area contributed by atoms with Gasteiger partial charge in [0.25, 0.3) is 0 Å². The molecule has 15 heavy (non-hydrogen) atoms. The maximum atomic E-state index is 11.6. The van der Waals surface area contributed by atoms with Crippen LogP contribution >= 0.6 is 0 Å². The summed E-state index contributed by atoms with van der Waals surface area (Å²) in [4.78, 5) is 2.26. The summed E-state index contributed by atoms with van der Waals surface area (Å²) in [5, 5.41) is -0.346. The summed E-state index contributed by atoms with van der Waals surface area (Å²) in [6.07, 6.45) is 0. The third-order valence-electron chi connectivity index (χ3n) is 2.78. The van der Waals surface area contributed by atoms with E-state index in [1.807, 2.05) is 0 Å². The van der Waals surface area contributed by atoms with E-state index in [1.165, 1.54) is 0 Å². The molecule has 1 N–H and O–H groups in total. The Morgan fingerprint density at radius 1 is 1.27 bits per heavy atom. The Balaban J connectivity index is 2.42. The van der Waals surface area contributed by atoms with Gasteiger partial charge in [0.05, 0.1) is 5.25 Å². The quantitative estimate of drug-likeness (QED) is 0.785. The molecule has 4 nitrogen and oxygen atoms in total. The van der Waals surface area contributed by atoms with Crippen molar-refractivity contribution in [2.75, 3.05) is 13.1 Å². The van der Waals surface area contributed by atoms with Crippen LogP contribution in [0, 0.1) is 0 Å². The zero-order chi connectivity index (χ0) is 11.9. The summed E-state index contributed by atoms with van der Waals surface area (Å²) in [6, 6.07) is 0.0941. The van der Waals surface area contributed by atoms with Crippen LogP contribution in [0.25, 0.3) is 0 Å². The minimum absolute atomic E-state index is 0.0941. The molecule has 0 aromatic carbocycles. The van der Waals surface area contributed by atoms with E-state index in [2.05, 4.69) is 30.4 Å². The Morgan fingerprint density at radius 3 is 2.07 bits per heavy atom. The fourth-order valence-corrected chi connectivity index (χ4v) is 2.36. The molecular weight excluding hydrogens is 212 g/mol. The molecule has 1 aliphatic rings. The van der Waals surface area contributed by atoms with Gasteiger partial charge in [-0.25, -0.2) is 13.1 Å². The number of rotatable bonds is 3. The van der Waals surface area contributed by atoms with Gasteiger partial charge in [0.2, 0.25) is 10.0 Å². The van der Waals surface area contributed by atoms with Crippen LogP contribution in [0.15, 0.2) is 0 Å². The van der Waals surface area contributed by atoms with Gasteiger partial charge >= 0.3 is 0 Å². The predicted octanol–water partition coefficient (Wildman–Crippen LogP) is 0.797. The predicted molar refractivity (Wildman–Crippen MR) is 62.3 cm³/mol. The smallest absolute Gasteiger partial charge is 0.214 e. The average molecular weight is 234 g/mol. The lowest BCUT2D eigenvalue weighted by atomic mass is 9.98. The summed E-state index contributed by atoms with van der Waals surface area (Å²) >= 11 is 0. The van der Waals surface area contributed by atoms with E-state index in [0.717, 1.165) is 13.1 Å². The molecule has 0 spiro atoms. The van der Waals surface area contributed by atoms with Crippen molar-refractivity contribution in [1.29, 1.82) is 0 Å². The van der Waals surface area contributed by atoms with Crippen LogP contribution in [0.5, 0.6) is 0 Å². The van der Waals surface area contributed by atoms with Crippen LogP contribution in [0.2, 0.25) is 0 Å². The van der Waals surface area contributed by atoms with Crippen molar-refractivity contribution in [3.63, 3.8) is 0 Å². The molecule has 0 radical (unpaired) electrons. The number of nitrogens with zero attached hydrogens (tertiary/aromatic N) is 1. The van der Waals surface area contributed by atoms with Crippen molar-refractivity contribution in [2.45, 2.75) is 51.4 Å². The van der Waals surface area contributed by atoms with Crippen LogP contribution in [-0.4, -0.2) is 43.2 Å². The Labute approximate surface area is 93.1 Å². The molecular formula is C10H22N2O2S. The lowest BCUT2D eigenvalue weighted by molar-refractivity contribution is 0.0435. The van der Waals surface area contributed by atoms with Crippen molar-refractivity contribution in [2.24, 2.45) is 0 Å². The van der Waals surface area contributed by atoms with E-state index in [0.29, 0.717) is 0 Å². The van der Waals surface area contributed by atoms with Gasteiger partial charge in [-0.2, -0.15) is 0 Å². The van der Waals surface area contributed by atoms with Gasteiger partial charge in [0, 0.05) is 24.7 Å². The van der Waals surface area contributed by atoms with E-state index in [-0.39, 0.29) is 16.8 Å². The molecule has 0 aliphatic carbocycles. The highest BCUT2D eigenvalue weighted by atomic mass is 32.2. The Morgan fingerprint density at radius 2 is 1.73 bits per heavy atom. The topological polar surface area (TPSA) is 49.4 Å². The Kier molecular flexibility index (Phi) is 3.48. The number of nitrogens with one attached hydrogen (secondary N) is 1. The molecule has 1 saturated heterocycles. The first-order chi connectivity index (χ1) is 6.63. The van der Waals surface area contributed by atoms with Crippen LogP contribution in [0.4, 0.5) is 0 Å². The third-order valence-corrected chi connectivity index (χ3v) is 4.68. The van der Waals surface area contributed by atoms with Gasteiger partial charge in [-0.05, 0) is 34.6 Å². The zero-order valence-electron chi connectivity index (χ0n) is 10.2. The van der Waals surface area contributed by atoms with Crippen LogP contribution in [-0.2, 0) is 10.0 Å². The maximum Gasteiger partial charge on any atom is 0.214 e. The summed E-state index contributed by atoms with van der Waals surface area (Å²) < 4.78 is 25.8. The van der Waals surface area contributed by atoms with Gasteiger partial charge in [0.15, 0.2) is 0 Å². The molecule has 1 heterocycles. The van der Waals surface area contributed by atoms with Crippen molar-refractivity contribution >= 4 is 10.0 Å². The first-order valence-electron chi connectivity index (χ1n) is 5.39. The largest absolute Gasteiger partial charge is 0.295 e. The van der Waals surface area contributed by atoms with Crippen molar-refractivity contribution in [1.82, 2.24) is 9.62 Å². The molecule has 5 heteroatoms. The second-order valence-corrected chi connectivity index (χ2v) is 7.75. The zero-order valence-corrected chi connectivity index (χ0v) is 11.1. The molecule has 0 aromatic rings. The SMILES string of the molecule is CC(C)S(=O)(=O)NC1CN(C(C)(C)C)C1.